The van der Waals surface area contributed by atoms with E-state index in [0.29, 0.717) is 6.04 Å². The van der Waals surface area contributed by atoms with Gasteiger partial charge in [0.25, 0.3) is 0 Å². The van der Waals surface area contributed by atoms with Gasteiger partial charge < -0.3 is 5.32 Å². The molecule has 0 bridgehead atoms. The Kier molecular flexibility index (Phi) is 2.45. The van der Waals surface area contributed by atoms with Gasteiger partial charge in [-0.1, -0.05) is 18.9 Å². The molecule has 1 aliphatic rings. The van der Waals surface area contributed by atoms with E-state index in [4.69, 9.17) is 6.42 Å². The zero-order valence-electron chi connectivity index (χ0n) is 8.46. The summed E-state index contributed by atoms with van der Waals surface area (Å²) in [5, 5.41) is 3.51. The Morgan fingerprint density at radius 1 is 1.43 bits per heavy atom. The summed E-state index contributed by atoms with van der Waals surface area (Å²) < 4.78 is 0. The Labute approximate surface area is 85.5 Å². The van der Waals surface area contributed by atoms with Crippen LogP contribution in [0.1, 0.15) is 25.3 Å². The Hall–Kier alpha value is -1.42. The molecule has 72 valence electrons. The Bertz CT molecular complexity index is 362. The van der Waals surface area contributed by atoms with Crippen LogP contribution in [0.5, 0.6) is 0 Å². The summed E-state index contributed by atoms with van der Waals surface area (Å²) in [6.07, 6.45) is 7.96. The van der Waals surface area contributed by atoms with Crippen LogP contribution in [0, 0.1) is 18.3 Å². The van der Waals surface area contributed by atoms with Crippen LogP contribution < -0.4 is 5.32 Å². The molecule has 0 aromatic heterocycles. The lowest BCUT2D eigenvalue weighted by atomic mass is 9.81. The van der Waals surface area contributed by atoms with Crippen LogP contribution in [-0.2, 0) is 0 Å². The van der Waals surface area contributed by atoms with E-state index in [0.717, 1.165) is 17.2 Å². The molecule has 1 fully saturated rings. The van der Waals surface area contributed by atoms with E-state index >= 15 is 0 Å². The predicted molar refractivity (Wildman–Crippen MR) is 60.2 cm³/mol. The largest absolute Gasteiger partial charge is 0.382 e. The van der Waals surface area contributed by atoms with E-state index in [1.807, 2.05) is 18.2 Å². The highest BCUT2D eigenvalue weighted by atomic mass is 14.9. The lowest BCUT2D eigenvalue weighted by Gasteiger charge is -2.35. The van der Waals surface area contributed by atoms with Crippen molar-refractivity contribution >= 4 is 5.69 Å². The van der Waals surface area contributed by atoms with Gasteiger partial charge >= 0.3 is 0 Å². The molecule has 1 saturated carbocycles. The molecule has 2 rings (SSSR count). The average molecular weight is 185 g/mol. The molecule has 1 aromatic carbocycles. The molecule has 0 amide bonds. The molecule has 0 saturated heterocycles. The van der Waals surface area contributed by atoms with E-state index in [9.17, 15) is 0 Å². The molecule has 1 heteroatoms. The molecule has 2 unspecified atom stereocenters. The topological polar surface area (TPSA) is 12.0 Å². The van der Waals surface area contributed by atoms with Crippen LogP contribution >= 0.6 is 0 Å². The van der Waals surface area contributed by atoms with Crippen molar-refractivity contribution in [1.29, 1.82) is 0 Å². The Morgan fingerprint density at radius 2 is 2.29 bits per heavy atom. The minimum absolute atomic E-state index is 0.642. The molecule has 0 radical (unpaired) electrons. The van der Waals surface area contributed by atoms with Crippen molar-refractivity contribution in [3.63, 3.8) is 0 Å². The monoisotopic (exact) mass is 185 g/mol. The molecule has 1 N–H and O–H groups in total. The number of benzene rings is 1. The maximum atomic E-state index is 5.35. The van der Waals surface area contributed by atoms with Gasteiger partial charge in [-0.3, -0.25) is 0 Å². The lowest BCUT2D eigenvalue weighted by molar-refractivity contribution is 0.303. The molecule has 1 aromatic rings. The molecular weight excluding hydrogens is 170 g/mol. The summed E-state index contributed by atoms with van der Waals surface area (Å²) in [6, 6.07) is 8.70. The standard InChI is InChI=1S/C13H15N/c1-3-11-5-4-6-12(9-11)14-13-8-7-10(13)2/h1,4-6,9-10,13-14H,7-8H2,2H3. The van der Waals surface area contributed by atoms with Crippen molar-refractivity contribution in [2.75, 3.05) is 5.32 Å². The SMILES string of the molecule is C#Cc1cccc(NC2CCC2C)c1. The normalized spacial score (nSPS) is 24.9. The summed E-state index contributed by atoms with van der Waals surface area (Å²) in [4.78, 5) is 0. The van der Waals surface area contributed by atoms with Crippen molar-refractivity contribution in [2.24, 2.45) is 5.92 Å². The maximum absolute atomic E-state index is 5.35. The van der Waals surface area contributed by atoms with E-state index in [1.165, 1.54) is 12.8 Å². The second-order valence-corrected chi connectivity index (χ2v) is 4.03. The second-order valence-electron chi connectivity index (χ2n) is 4.03. The third-order valence-electron chi connectivity index (χ3n) is 3.00. The van der Waals surface area contributed by atoms with Gasteiger partial charge in [0.2, 0.25) is 0 Å². The van der Waals surface area contributed by atoms with Crippen LogP contribution in [0.25, 0.3) is 0 Å². The van der Waals surface area contributed by atoms with E-state index in [1.54, 1.807) is 0 Å². The summed E-state index contributed by atoms with van der Waals surface area (Å²) in [5.74, 6) is 3.44. The smallest absolute Gasteiger partial charge is 0.0354 e. The van der Waals surface area contributed by atoms with Crippen LogP contribution in [0.15, 0.2) is 24.3 Å². The van der Waals surface area contributed by atoms with Gasteiger partial charge in [0, 0.05) is 17.3 Å². The first-order valence-corrected chi connectivity index (χ1v) is 5.13. The summed E-state index contributed by atoms with van der Waals surface area (Å²) in [5.41, 5.74) is 2.10. The van der Waals surface area contributed by atoms with Crippen LogP contribution in [-0.4, -0.2) is 6.04 Å². The van der Waals surface area contributed by atoms with Crippen molar-refractivity contribution in [3.05, 3.63) is 29.8 Å². The highest BCUT2D eigenvalue weighted by molar-refractivity contribution is 5.50. The fourth-order valence-corrected chi connectivity index (χ4v) is 1.79. The third kappa shape index (κ3) is 1.75. The van der Waals surface area contributed by atoms with Gasteiger partial charge in [0.1, 0.15) is 0 Å². The Morgan fingerprint density at radius 3 is 2.86 bits per heavy atom. The van der Waals surface area contributed by atoms with Gasteiger partial charge in [-0.2, -0.15) is 0 Å². The molecule has 14 heavy (non-hydrogen) atoms. The predicted octanol–water partition coefficient (Wildman–Crippen LogP) is 2.88. The quantitative estimate of drug-likeness (QED) is 0.699. The molecule has 2 atom stereocenters. The first-order valence-electron chi connectivity index (χ1n) is 5.13. The minimum atomic E-state index is 0.642. The van der Waals surface area contributed by atoms with E-state index < -0.39 is 0 Å². The zero-order chi connectivity index (χ0) is 9.97. The van der Waals surface area contributed by atoms with E-state index in [-0.39, 0.29) is 0 Å². The fraction of sp³-hybridized carbons (Fsp3) is 0.385. The van der Waals surface area contributed by atoms with Crippen molar-refractivity contribution in [2.45, 2.75) is 25.8 Å². The lowest BCUT2D eigenvalue weighted by Crippen LogP contribution is -2.36. The zero-order valence-corrected chi connectivity index (χ0v) is 8.46. The van der Waals surface area contributed by atoms with Gasteiger partial charge in [0.15, 0.2) is 0 Å². The maximum Gasteiger partial charge on any atom is 0.0354 e. The van der Waals surface area contributed by atoms with Crippen molar-refractivity contribution in [1.82, 2.24) is 0 Å². The van der Waals surface area contributed by atoms with Crippen molar-refractivity contribution < 1.29 is 0 Å². The van der Waals surface area contributed by atoms with Gasteiger partial charge in [-0.15, -0.1) is 6.42 Å². The van der Waals surface area contributed by atoms with E-state index in [2.05, 4.69) is 24.2 Å². The van der Waals surface area contributed by atoms with Crippen LogP contribution in [0.4, 0.5) is 5.69 Å². The highest BCUT2D eigenvalue weighted by Gasteiger charge is 2.26. The van der Waals surface area contributed by atoms with Gasteiger partial charge in [-0.05, 0) is 37.0 Å². The van der Waals surface area contributed by atoms with Crippen LogP contribution in [0.2, 0.25) is 0 Å². The Balaban J connectivity index is 2.06. The molecule has 1 aliphatic carbocycles. The molecule has 1 nitrogen and oxygen atoms in total. The number of anilines is 1. The molecule has 0 aliphatic heterocycles. The van der Waals surface area contributed by atoms with Gasteiger partial charge in [0.05, 0.1) is 0 Å². The average Bonchev–Trinajstić information content (AvgIpc) is 2.24. The fourth-order valence-electron chi connectivity index (χ4n) is 1.79. The number of nitrogens with one attached hydrogen (secondary N) is 1. The first-order chi connectivity index (χ1) is 6.79. The van der Waals surface area contributed by atoms with Crippen LogP contribution in [0.3, 0.4) is 0 Å². The minimum Gasteiger partial charge on any atom is -0.382 e. The third-order valence-corrected chi connectivity index (χ3v) is 3.00. The number of rotatable bonds is 2. The van der Waals surface area contributed by atoms with Crippen molar-refractivity contribution in [3.8, 4) is 12.3 Å². The molecular formula is C13H15N. The molecule has 0 heterocycles. The number of hydrogen-bond donors (Lipinski definition) is 1. The summed E-state index contributed by atoms with van der Waals surface area (Å²) >= 11 is 0. The summed E-state index contributed by atoms with van der Waals surface area (Å²) in [7, 11) is 0. The molecule has 0 spiro atoms. The number of hydrogen-bond acceptors (Lipinski definition) is 1. The van der Waals surface area contributed by atoms with Gasteiger partial charge in [-0.25, -0.2) is 0 Å². The first kappa shape index (κ1) is 9.15. The summed E-state index contributed by atoms with van der Waals surface area (Å²) in [6.45, 7) is 2.28. The highest BCUT2D eigenvalue weighted by Crippen LogP contribution is 2.29. The number of terminal acetylenes is 1. The second kappa shape index (κ2) is 3.75.